The zero-order chi connectivity index (χ0) is 17.6. The Balaban J connectivity index is 2.00. The van der Waals surface area contributed by atoms with Gasteiger partial charge in [-0.05, 0) is 31.2 Å². The van der Waals surface area contributed by atoms with E-state index in [1.807, 2.05) is 5.43 Å². The summed E-state index contributed by atoms with van der Waals surface area (Å²) in [5, 5.41) is 0. The number of furan rings is 1. The Hall–Kier alpha value is -2.81. The summed E-state index contributed by atoms with van der Waals surface area (Å²) in [6.07, 6.45) is -0.815. The van der Waals surface area contributed by atoms with E-state index < -0.39 is 21.8 Å². The van der Waals surface area contributed by atoms with Crippen molar-refractivity contribution in [3.8, 4) is 0 Å². The van der Waals surface area contributed by atoms with Gasteiger partial charge in [0.25, 0.3) is 0 Å². The van der Waals surface area contributed by atoms with Gasteiger partial charge in [0.1, 0.15) is 11.5 Å². The second-order valence-electron chi connectivity index (χ2n) is 4.64. The molecule has 1 aromatic carbocycles. The van der Waals surface area contributed by atoms with Crippen LogP contribution in [0, 0.1) is 0 Å². The standard InChI is InChI=1S/C15H16N2O6S/c1-2-22-15(19)17-16-14(18)13-9-8-11(23-13)10-24(20,21)12-6-4-3-5-7-12/h3-9H,2,10H2,1H3,(H,16,18)(H,17,19). The molecule has 0 saturated heterocycles. The molecule has 0 aliphatic heterocycles. The molecule has 2 rings (SSSR count). The summed E-state index contributed by atoms with van der Waals surface area (Å²) in [6, 6.07) is 10.6. The van der Waals surface area contributed by atoms with Crippen LogP contribution < -0.4 is 10.9 Å². The fourth-order valence-corrected chi connectivity index (χ4v) is 3.08. The zero-order valence-corrected chi connectivity index (χ0v) is 13.6. The van der Waals surface area contributed by atoms with Gasteiger partial charge in [0.05, 0.1) is 11.5 Å². The first-order valence-corrected chi connectivity index (χ1v) is 8.67. The van der Waals surface area contributed by atoms with E-state index in [4.69, 9.17) is 4.42 Å². The number of benzene rings is 1. The Bertz CT molecular complexity index is 813. The number of hydrazine groups is 1. The third kappa shape index (κ3) is 4.59. The lowest BCUT2D eigenvalue weighted by Gasteiger charge is -2.05. The summed E-state index contributed by atoms with van der Waals surface area (Å²) >= 11 is 0. The average molecular weight is 352 g/mol. The lowest BCUT2D eigenvalue weighted by Crippen LogP contribution is -2.41. The van der Waals surface area contributed by atoms with Crippen molar-refractivity contribution in [1.29, 1.82) is 0 Å². The van der Waals surface area contributed by atoms with Crippen LogP contribution in [0.2, 0.25) is 0 Å². The molecule has 0 atom stereocenters. The number of ether oxygens (including phenoxy) is 1. The van der Waals surface area contributed by atoms with Crippen molar-refractivity contribution in [3.05, 3.63) is 54.0 Å². The van der Waals surface area contributed by atoms with Crippen molar-refractivity contribution in [2.75, 3.05) is 6.61 Å². The largest absolute Gasteiger partial charge is 0.455 e. The zero-order valence-electron chi connectivity index (χ0n) is 12.8. The topological polar surface area (TPSA) is 115 Å². The number of amides is 2. The number of hydrogen-bond donors (Lipinski definition) is 2. The maximum atomic E-state index is 12.2. The van der Waals surface area contributed by atoms with Crippen LogP contribution in [0.3, 0.4) is 0 Å². The molecule has 0 fully saturated rings. The Morgan fingerprint density at radius 1 is 1.08 bits per heavy atom. The lowest BCUT2D eigenvalue weighted by molar-refractivity contribution is 0.0884. The third-order valence-corrected chi connectivity index (χ3v) is 4.53. The van der Waals surface area contributed by atoms with E-state index >= 15 is 0 Å². The molecule has 1 aromatic heterocycles. The van der Waals surface area contributed by atoms with E-state index in [9.17, 15) is 18.0 Å². The van der Waals surface area contributed by atoms with Crippen LogP contribution in [-0.2, 0) is 20.3 Å². The lowest BCUT2D eigenvalue weighted by atomic mass is 10.4. The molecule has 0 unspecified atom stereocenters. The molecule has 0 bridgehead atoms. The van der Waals surface area contributed by atoms with E-state index in [0.29, 0.717) is 0 Å². The maximum Gasteiger partial charge on any atom is 0.426 e. The summed E-state index contributed by atoms with van der Waals surface area (Å²) in [5.74, 6) is -1.13. The molecule has 24 heavy (non-hydrogen) atoms. The van der Waals surface area contributed by atoms with E-state index in [0.717, 1.165) is 0 Å². The van der Waals surface area contributed by atoms with Crippen molar-refractivity contribution in [1.82, 2.24) is 10.9 Å². The van der Waals surface area contributed by atoms with Gasteiger partial charge in [-0.2, -0.15) is 0 Å². The molecule has 0 spiro atoms. The van der Waals surface area contributed by atoms with E-state index in [-0.39, 0.29) is 28.8 Å². The summed E-state index contributed by atoms with van der Waals surface area (Å²) in [6.45, 7) is 1.78. The number of carbonyl (C=O) groups excluding carboxylic acids is 2. The molecular weight excluding hydrogens is 336 g/mol. The highest BCUT2D eigenvalue weighted by molar-refractivity contribution is 7.90. The second-order valence-corrected chi connectivity index (χ2v) is 6.63. The minimum absolute atomic E-state index is 0.111. The Labute approximate surface area is 138 Å². The predicted molar refractivity (Wildman–Crippen MR) is 83.7 cm³/mol. The van der Waals surface area contributed by atoms with Crippen molar-refractivity contribution < 1.29 is 27.2 Å². The molecule has 128 valence electrons. The molecule has 1 heterocycles. The molecule has 2 N–H and O–H groups in total. The fraction of sp³-hybridized carbons (Fsp3) is 0.200. The summed E-state index contributed by atoms with van der Waals surface area (Å²) in [4.78, 5) is 23.0. The minimum Gasteiger partial charge on any atom is -0.455 e. The summed E-state index contributed by atoms with van der Waals surface area (Å²) < 4.78 is 34.3. The molecular formula is C15H16N2O6S. The van der Waals surface area contributed by atoms with E-state index in [1.54, 1.807) is 25.1 Å². The second kappa shape index (κ2) is 7.64. The van der Waals surface area contributed by atoms with Crippen LogP contribution in [0.1, 0.15) is 23.2 Å². The van der Waals surface area contributed by atoms with Gasteiger partial charge in [-0.1, -0.05) is 18.2 Å². The minimum atomic E-state index is -3.57. The molecule has 0 saturated carbocycles. The van der Waals surface area contributed by atoms with Gasteiger partial charge in [-0.15, -0.1) is 0 Å². The maximum absolute atomic E-state index is 12.2. The van der Waals surface area contributed by atoms with Crippen molar-refractivity contribution >= 4 is 21.8 Å². The molecule has 0 aliphatic rings. The molecule has 9 heteroatoms. The summed E-state index contributed by atoms with van der Waals surface area (Å²) in [7, 11) is -3.57. The normalized spacial score (nSPS) is 10.9. The van der Waals surface area contributed by atoms with Gasteiger partial charge >= 0.3 is 12.0 Å². The monoisotopic (exact) mass is 352 g/mol. The number of sulfone groups is 1. The van der Waals surface area contributed by atoms with Crippen molar-refractivity contribution in [2.45, 2.75) is 17.6 Å². The number of nitrogens with one attached hydrogen (secondary N) is 2. The van der Waals surface area contributed by atoms with Gasteiger partial charge in [-0.3, -0.25) is 10.2 Å². The summed E-state index contributed by atoms with van der Waals surface area (Å²) in [5.41, 5.74) is 4.11. The van der Waals surface area contributed by atoms with Crippen LogP contribution in [0.5, 0.6) is 0 Å². The third-order valence-electron chi connectivity index (χ3n) is 2.87. The first-order valence-electron chi connectivity index (χ1n) is 7.02. The number of rotatable bonds is 5. The quantitative estimate of drug-likeness (QED) is 0.791. The fourth-order valence-electron chi connectivity index (χ4n) is 1.81. The van der Waals surface area contributed by atoms with E-state index in [1.165, 1.54) is 24.3 Å². The van der Waals surface area contributed by atoms with Gasteiger partial charge in [0, 0.05) is 0 Å². The van der Waals surface area contributed by atoms with Crippen LogP contribution in [0.4, 0.5) is 4.79 Å². The van der Waals surface area contributed by atoms with Crippen LogP contribution >= 0.6 is 0 Å². The molecule has 2 aromatic rings. The Kier molecular flexibility index (Phi) is 5.59. The molecule has 8 nitrogen and oxygen atoms in total. The average Bonchev–Trinajstić information content (AvgIpc) is 3.01. The SMILES string of the molecule is CCOC(=O)NNC(=O)c1ccc(CS(=O)(=O)c2ccccc2)o1. The van der Waals surface area contributed by atoms with Gasteiger partial charge < -0.3 is 9.15 Å². The highest BCUT2D eigenvalue weighted by Gasteiger charge is 2.19. The van der Waals surface area contributed by atoms with Gasteiger partial charge in [0.2, 0.25) is 0 Å². The molecule has 0 radical (unpaired) electrons. The first kappa shape index (κ1) is 17.5. The molecule has 0 aliphatic carbocycles. The van der Waals surface area contributed by atoms with Gasteiger partial charge in [-0.25, -0.2) is 18.6 Å². The molecule has 2 amide bonds. The van der Waals surface area contributed by atoms with Crippen molar-refractivity contribution in [2.24, 2.45) is 0 Å². The first-order chi connectivity index (χ1) is 11.4. The Morgan fingerprint density at radius 2 is 1.79 bits per heavy atom. The Morgan fingerprint density at radius 3 is 2.46 bits per heavy atom. The number of carbonyl (C=O) groups is 2. The van der Waals surface area contributed by atoms with Crippen LogP contribution in [0.25, 0.3) is 0 Å². The van der Waals surface area contributed by atoms with E-state index in [2.05, 4.69) is 10.2 Å². The van der Waals surface area contributed by atoms with Crippen molar-refractivity contribution in [3.63, 3.8) is 0 Å². The van der Waals surface area contributed by atoms with Crippen LogP contribution in [-0.4, -0.2) is 27.0 Å². The van der Waals surface area contributed by atoms with Gasteiger partial charge in [0.15, 0.2) is 15.6 Å². The number of hydrogen-bond acceptors (Lipinski definition) is 6. The van der Waals surface area contributed by atoms with Crippen LogP contribution in [0.15, 0.2) is 51.8 Å². The highest BCUT2D eigenvalue weighted by atomic mass is 32.2. The smallest absolute Gasteiger partial charge is 0.426 e. The highest BCUT2D eigenvalue weighted by Crippen LogP contribution is 2.17. The predicted octanol–water partition coefficient (Wildman–Crippen LogP) is 1.64.